The topological polar surface area (TPSA) is 51.8 Å². The van der Waals surface area contributed by atoms with E-state index in [9.17, 15) is 13.2 Å². The van der Waals surface area contributed by atoms with Gasteiger partial charge in [-0.1, -0.05) is 41.1 Å². The molecular weight excluding hydrogens is 343 g/mol. The van der Waals surface area contributed by atoms with Gasteiger partial charge in [0.2, 0.25) is 5.82 Å². The Morgan fingerprint density at radius 1 is 0.885 bits per heavy atom. The molecule has 0 saturated heterocycles. The summed E-state index contributed by atoms with van der Waals surface area (Å²) in [5, 5.41) is 4.18. The van der Waals surface area contributed by atoms with Crippen molar-refractivity contribution in [3.63, 3.8) is 0 Å². The van der Waals surface area contributed by atoms with Crippen LogP contribution in [0.5, 0.6) is 0 Å². The van der Waals surface area contributed by atoms with Gasteiger partial charge in [-0.3, -0.25) is 4.98 Å². The molecule has 26 heavy (non-hydrogen) atoms. The third-order valence-corrected chi connectivity index (χ3v) is 3.99. The summed E-state index contributed by atoms with van der Waals surface area (Å²) in [6.07, 6.45) is -3.24. The van der Waals surface area contributed by atoms with E-state index in [1.165, 1.54) is 6.20 Å². The maximum atomic E-state index is 12.6. The van der Waals surface area contributed by atoms with Crippen molar-refractivity contribution in [2.24, 2.45) is 0 Å². The van der Waals surface area contributed by atoms with Crippen LogP contribution in [0.15, 0.2) is 59.3 Å². The summed E-state index contributed by atoms with van der Waals surface area (Å²) < 4.78 is 42.2. The van der Waals surface area contributed by atoms with Gasteiger partial charge >= 0.3 is 12.1 Å². The summed E-state index contributed by atoms with van der Waals surface area (Å²) in [7, 11) is 0. The lowest BCUT2D eigenvalue weighted by Crippen LogP contribution is -2.04. The number of alkyl halides is 3. The molecule has 4 nitrogen and oxygen atoms in total. The van der Waals surface area contributed by atoms with Crippen molar-refractivity contribution >= 4 is 10.9 Å². The zero-order valence-corrected chi connectivity index (χ0v) is 13.6. The number of halogens is 3. The molecule has 0 spiro atoms. The first-order chi connectivity index (χ1) is 12.4. The molecule has 2 aromatic carbocycles. The zero-order valence-electron chi connectivity index (χ0n) is 13.6. The standard InChI is InChI=1S/C19H12F3N3O/c1-11-2-4-12(5-3-11)13-6-7-16-14(8-13)9-15(10-23-16)17-24-18(26-25-17)19(20,21)22/h2-10H,1H3. The molecule has 0 amide bonds. The minimum absolute atomic E-state index is 0.146. The molecule has 0 unspecified atom stereocenters. The van der Waals surface area contributed by atoms with Crippen molar-refractivity contribution in [3.8, 4) is 22.5 Å². The smallest absolute Gasteiger partial charge is 0.329 e. The Bertz CT molecular complexity index is 1090. The minimum Gasteiger partial charge on any atom is -0.329 e. The molecule has 0 atom stereocenters. The Balaban J connectivity index is 1.76. The van der Waals surface area contributed by atoms with Gasteiger partial charge in [0.1, 0.15) is 0 Å². The Morgan fingerprint density at radius 3 is 2.27 bits per heavy atom. The first kappa shape index (κ1) is 16.3. The monoisotopic (exact) mass is 355 g/mol. The number of pyridine rings is 1. The molecule has 130 valence electrons. The van der Waals surface area contributed by atoms with E-state index in [4.69, 9.17) is 0 Å². The number of nitrogens with zero attached hydrogens (tertiary/aromatic N) is 3. The average molecular weight is 355 g/mol. The van der Waals surface area contributed by atoms with Crippen LogP contribution in [0.1, 0.15) is 11.5 Å². The Labute approximate surface area is 146 Å². The summed E-state index contributed by atoms with van der Waals surface area (Å²) in [5.74, 6) is -1.52. The van der Waals surface area contributed by atoms with Crippen molar-refractivity contribution in [1.29, 1.82) is 0 Å². The van der Waals surface area contributed by atoms with Crippen molar-refractivity contribution in [3.05, 3.63) is 66.2 Å². The summed E-state index contributed by atoms with van der Waals surface area (Å²) >= 11 is 0. The number of hydrogen-bond donors (Lipinski definition) is 0. The van der Waals surface area contributed by atoms with Crippen molar-refractivity contribution in [1.82, 2.24) is 15.1 Å². The molecule has 2 heterocycles. The highest BCUT2D eigenvalue weighted by atomic mass is 19.4. The first-order valence-corrected chi connectivity index (χ1v) is 7.78. The summed E-state index contributed by atoms with van der Waals surface area (Å²) in [5.41, 5.74) is 4.28. The normalized spacial score (nSPS) is 11.8. The second-order valence-electron chi connectivity index (χ2n) is 5.92. The van der Waals surface area contributed by atoms with Crippen LogP contribution in [0.2, 0.25) is 0 Å². The lowest BCUT2D eigenvalue weighted by atomic mass is 10.0. The number of aromatic nitrogens is 3. The third-order valence-electron chi connectivity index (χ3n) is 3.99. The molecule has 4 aromatic rings. The average Bonchev–Trinajstić information content (AvgIpc) is 3.12. The Hall–Kier alpha value is -3.22. The fourth-order valence-corrected chi connectivity index (χ4v) is 2.64. The van der Waals surface area contributed by atoms with Crippen LogP contribution in [0, 0.1) is 6.92 Å². The highest BCUT2D eigenvalue weighted by Crippen LogP contribution is 2.30. The van der Waals surface area contributed by atoms with E-state index < -0.39 is 12.1 Å². The Morgan fingerprint density at radius 2 is 1.58 bits per heavy atom. The molecule has 0 saturated carbocycles. The predicted octanol–water partition coefficient (Wildman–Crippen LogP) is 5.28. The number of rotatable bonds is 2. The minimum atomic E-state index is -4.67. The molecular formula is C19H12F3N3O. The number of fused-ring (bicyclic) bond motifs is 1. The molecule has 7 heteroatoms. The van der Waals surface area contributed by atoms with Crippen LogP contribution >= 0.6 is 0 Å². The first-order valence-electron chi connectivity index (χ1n) is 7.78. The highest BCUT2D eigenvalue weighted by molar-refractivity contribution is 5.87. The van der Waals surface area contributed by atoms with Gasteiger partial charge in [-0.05, 0) is 36.2 Å². The fraction of sp³-hybridized carbons (Fsp3) is 0.105. The van der Waals surface area contributed by atoms with Gasteiger partial charge < -0.3 is 4.52 Å². The number of hydrogen-bond acceptors (Lipinski definition) is 4. The van der Waals surface area contributed by atoms with Gasteiger partial charge in [0.25, 0.3) is 0 Å². The van der Waals surface area contributed by atoms with Crippen molar-refractivity contribution in [2.45, 2.75) is 13.1 Å². The van der Waals surface area contributed by atoms with E-state index >= 15 is 0 Å². The molecule has 0 aliphatic heterocycles. The molecule has 0 fully saturated rings. The van der Waals surface area contributed by atoms with E-state index in [0.717, 1.165) is 27.6 Å². The van der Waals surface area contributed by atoms with Gasteiger partial charge in [-0.25, -0.2) is 0 Å². The van der Waals surface area contributed by atoms with Crippen molar-refractivity contribution < 1.29 is 17.7 Å². The summed E-state index contributed by atoms with van der Waals surface area (Å²) in [4.78, 5) is 7.68. The number of benzene rings is 2. The fourth-order valence-electron chi connectivity index (χ4n) is 2.64. The van der Waals surface area contributed by atoms with Gasteiger partial charge in [-0.2, -0.15) is 18.2 Å². The second kappa shape index (κ2) is 5.94. The van der Waals surface area contributed by atoms with E-state index in [2.05, 4.69) is 19.6 Å². The third kappa shape index (κ3) is 3.03. The summed E-state index contributed by atoms with van der Waals surface area (Å²) in [6, 6.07) is 15.5. The maximum absolute atomic E-state index is 12.6. The summed E-state index contributed by atoms with van der Waals surface area (Å²) in [6.45, 7) is 2.01. The molecule has 0 bridgehead atoms. The van der Waals surface area contributed by atoms with Crippen LogP contribution in [-0.4, -0.2) is 15.1 Å². The number of aryl methyl sites for hydroxylation is 1. The van der Waals surface area contributed by atoms with Crippen LogP contribution in [-0.2, 0) is 6.18 Å². The van der Waals surface area contributed by atoms with Gasteiger partial charge in [0, 0.05) is 17.1 Å². The van der Waals surface area contributed by atoms with Gasteiger partial charge in [0.15, 0.2) is 0 Å². The largest absolute Gasteiger partial charge is 0.471 e. The van der Waals surface area contributed by atoms with E-state index in [1.807, 2.05) is 49.4 Å². The van der Waals surface area contributed by atoms with Crippen LogP contribution in [0.25, 0.3) is 33.4 Å². The van der Waals surface area contributed by atoms with Gasteiger partial charge in [0.05, 0.1) is 5.52 Å². The molecule has 0 aliphatic carbocycles. The lowest BCUT2D eigenvalue weighted by Gasteiger charge is -2.05. The Kier molecular flexibility index (Phi) is 3.72. The molecule has 0 aliphatic rings. The van der Waals surface area contributed by atoms with Crippen molar-refractivity contribution in [2.75, 3.05) is 0 Å². The van der Waals surface area contributed by atoms with Crippen LogP contribution < -0.4 is 0 Å². The molecule has 0 N–H and O–H groups in total. The highest BCUT2D eigenvalue weighted by Gasteiger charge is 2.38. The molecule has 4 rings (SSSR count). The molecule has 2 aromatic heterocycles. The quantitative estimate of drug-likeness (QED) is 0.491. The molecule has 0 radical (unpaired) electrons. The predicted molar refractivity (Wildman–Crippen MR) is 90.2 cm³/mol. The lowest BCUT2D eigenvalue weighted by molar-refractivity contribution is -0.159. The van der Waals surface area contributed by atoms with Crippen LogP contribution in [0.4, 0.5) is 13.2 Å². The van der Waals surface area contributed by atoms with E-state index in [-0.39, 0.29) is 5.82 Å². The second-order valence-corrected chi connectivity index (χ2v) is 5.92. The van der Waals surface area contributed by atoms with E-state index in [0.29, 0.717) is 5.56 Å². The zero-order chi connectivity index (χ0) is 18.3. The maximum Gasteiger partial charge on any atom is 0.471 e. The van der Waals surface area contributed by atoms with Gasteiger partial charge in [-0.15, -0.1) is 0 Å². The van der Waals surface area contributed by atoms with Crippen LogP contribution in [0.3, 0.4) is 0 Å². The van der Waals surface area contributed by atoms with E-state index in [1.54, 1.807) is 6.07 Å². The SMILES string of the molecule is Cc1ccc(-c2ccc3ncc(-c4noc(C(F)(F)F)n4)cc3c2)cc1.